The third-order valence-electron chi connectivity index (χ3n) is 5.23. The molecule has 0 N–H and O–H groups in total. The van der Waals surface area contributed by atoms with Crippen LogP contribution in [0.25, 0.3) is 0 Å². The number of hydrogen-bond donors (Lipinski definition) is 0. The summed E-state index contributed by atoms with van der Waals surface area (Å²) in [5.41, 5.74) is 5.68. The Hall–Kier alpha value is -2.14. The number of rotatable bonds is 5. The van der Waals surface area contributed by atoms with Crippen molar-refractivity contribution in [2.75, 3.05) is 0 Å². The fourth-order valence-corrected chi connectivity index (χ4v) is 3.79. The number of carbonyl (C=O) groups is 1. The Labute approximate surface area is 184 Å². The monoisotopic (exact) mass is 438 g/mol. The summed E-state index contributed by atoms with van der Waals surface area (Å²) < 4.78 is 12.1. The molecule has 0 unspecified atom stereocenters. The average Bonchev–Trinajstić information content (AvgIpc) is 2.65. The molecule has 0 heterocycles. The predicted octanol–water partition coefficient (Wildman–Crippen LogP) is 6.66. The van der Waals surface area contributed by atoms with E-state index < -0.39 is 16.4 Å². The van der Waals surface area contributed by atoms with Crippen LogP contribution in [-0.4, -0.2) is 22.4 Å². The molecule has 0 atom stereocenters. The minimum absolute atomic E-state index is 0.151. The molecule has 2 aromatic carbocycles. The second-order valence-electron chi connectivity index (χ2n) is 10.1. The maximum atomic E-state index is 12.5. The highest BCUT2D eigenvalue weighted by Crippen LogP contribution is 2.37. The Bertz CT molecular complexity index is 940. The topological polar surface area (TPSA) is 35.5 Å². The maximum absolute atomic E-state index is 12.5. The summed E-state index contributed by atoms with van der Waals surface area (Å²) in [6.45, 7) is 18.3. The molecule has 0 radical (unpaired) electrons. The Kier molecular flexibility index (Phi) is 7.51. The van der Waals surface area contributed by atoms with E-state index in [0.717, 1.165) is 11.1 Å². The average molecular weight is 439 g/mol. The fourth-order valence-electron chi connectivity index (χ4n) is 2.32. The van der Waals surface area contributed by atoms with Crippen LogP contribution < -0.4 is 4.74 Å². The lowest BCUT2D eigenvalue weighted by molar-refractivity contribution is 0.0734. The molecule has 30 heavy (non-hydrogen) atoms. The highest BCUT2D eigenvalue weighted by atomic mass is 28.4. The van der Waals surface area contributed by atoms with E-state index >= 15 is 0 Å². The molecule has 3 nitrogen and oxygen atoms in total. The SMILES string of the molecule is CC(C)(C)[Si](C)(C)OCc1ccc(OC(=O)c2ccccc2)c(C#C[Si](C)(C)C)c1. The van der Waals surface area contributed by atoms with Crippen molar-refractivity contribution in [3.05, 3.63) is 65.2 Å². The van der Waals surface area contributed by atoms with E-state index in [9.17, 15) is 4.79 Å². The van der Waals surface area contributed by atoms with E-state index in [4.69, 9.17) is 9.16 Å². The summed E-state index contributed by atoms with van der Waals surface area (Å²) in [5, 5.41) is 0.151. The van der Waals surface area contributed by atoms with Gasteiger partial charge in [-0.25, -0.2) is 4.79 Å². The Balaban J connectivity index is 2.31. The summed E-state index contributed by atoms with van der Waals surface area (Å²) in [6.07, 6.45) is 0. The summed E-state index contributed by atoms with van der Waals surface area (Å²) in [7, 11) is -3.44. The third kappa shape index (κ3) is 6.98. The van der Waals surface area contributed by atoms with Crippen LogP contribution >= 0.6 is 0 Å². The van der Waals surface area contributed by atoms with E-state index in [0.29, 0.717) is 17.9 Å². The first-order valence-corrected chi connectivity index (χ1v) is 16.8. The molecule has 5 heteroatoms. The van der Waals surface area contributed by atoms with Gasteiger partial charge in [-0.2, -0.15) is 0 Å². The van der Waals surface area contributed by atoms with Gasteiger partial charge in [-0.15, -0.1) is 5.54 Å². The molecule has 0 amide bonds. The van der Waals surface area contributed by atoms with Gasteiger partial charge in [0.15, 0.2) is 8.32 Å². The van der Waals surface area contributed by atoms with Gasteiger partial charge >= 0.3 is 5.97 Å². The van der Waals surface area contributed by atoms with Gasteiger partial charge in [-0.1, -0.05) is 70.6 Å². The largest absolute Gasteiger partial charge is 0.422 e. The van der Waals surface area contributed by atoms with Crippen molar-refractivity contribution in [2.45, 2.75) is 65.2 Å². The van der Waals surface area contributed by atoms with E-state index in [1.54, 1.807) is 12.1 Å². The van der Waals surface area contributed by atoms with Gasteiger partial charge in [0.2, 0.25) is 0 Å². The summed E-state index contributed by atoms with van der Waals surface area (Å²) in [5.74, 6) is 3.38. The smallest absolute Gasteiger partial charge is 0.343 e. The molecule has 0 saturated carbocycles. The molecule has 0 saturated heterocycles. The Morgan fingerprint density at radius 2 is 1.60 bits per heavy atom. The molecular formula is C25H34O3Si2. The van der Waals surface area contributed by atoms with Gasteiger partial charge in [-0.3, -0.25) is 0 Å². The molecule has 2 rings (SSSR count). The molecule has 0 spiro atoms. The standard InChI is InChI=1S/C25H34O3Si2/c1-25(2,3)30(7,8)27-19-20-14-15-23(22(18-20)16-17-29(4,5)6)28-24(26)21-12-10-9-11-13-21/h9-15,18H,19H2,1-8H3. The zero-order valence-corrected chi connectivity index (χ0v) is 21.6. The molecule has 0 bridgehead atoms. The molecule has 2 aromatic rings. The van der Waals surface area contributed by atoms with Crippen molar-refractivity contribution < 1.29 is 14.0 Å². The summed E-state index contributed by atoms with van der Waals surface area (Å²) in [4.78, 5) is 12.5. The lowest BCUT2D eigenvalue weighted by Gasteiger charge is -2.36. The van der Waals surface area contributed by atoms with Crippen LogP contribution in [-0.2, 0) is 11.0 Å². The van der Waals surface area contributed by atoms with Crippen LogP contribution in [0.4, 0.5) is 0 Å². The van der Waals surface area contributed by atoms with Crippen LogP contribution in [0.2, 0.25) is 37.8 Å². The number of ether oxygens (including phenoxy) is 1. The van der Waals surface area contributed by atoms with Gasteiger partial charge < -0.3 is 9.16 Å². The van der Waals surface area contributed by atoms with Crippen molar-refractivity contribution >= 4 is 22.4 Å². The molecule has 0 aromatic heterocycles. The zero-order valence-electron chi connectivity index (χ0n) is 19.6. The number of benzene rings is 2. The molecule has 0 fully saturated rings. The zero-order chi connectivity index (χ0) is 22.6. The van der Waals surface area contributed by atoms with Gasteiger partial charge in [-0.05, 0) is 48.0 Å². The molecule has 0 aliphatic rings. The first kappa shape index (κ1) is 24.1. The van der Waals surface area contributed by atoms with Crippen LogP contribution in [0, 0.1) is 11.5 Å². The van der Waals surface area contributed by atoms with Crippen molar-refractivity contribution in [1.82, 2.24) is 0 Å². The minimum atomic E-state index is -1.85. The first-order valence-electron chi connectivity index (χ1n) is 10.4. The number of hydrogen-bond acceptors (Lipinski definition) is 3. The number of carbonyl (C=O) groups excluding carboxylic acids is 1. The lowest BCUT2D eigenvalue weighted by atomic mass is 10.1. The van der Waals surface area contributed by atoms with E-state index in [1.807, 2.05) is 36.4 Å². The summed E-state index contributed by atoms with van der Waals surface area (Å²) in [6, 6.07) is 14.8. The van der Waals surface area contributed by atoms with E-state index in [-0.39, 0.29) is 11.0 Å². The van der Waals surface area contributed by atoms with Crippen molar-refractivity contribution in [3.8, 4) is 17.2 Å². The molecule has 0 aliphatic heterocycles. The van der Waals surface area contributed by atoms with Crippen molar-refractivity contribution in [2.24, 2.45) is 0 Å². The predicted molar refractivity (Wildman–Crippen MR) is 130 cm³/mol. The van der Waals surface area contributed by atoms with E-state index in [2.05, 4.69) is 65.0 Å². The molecular weight excluding hydrogens is 404 g/mol. The second-order valence-corrected chi connectivity index (χ2v) is 19.7. The van der Waals surface area contributed by atoms with Crippen LogP contribution in [0.15, 0.2) is 48.5 Å². The first-order chi connectivity index (χ1) is 13.8. The van der Waals surface area contributed by atoms with Gasteiger partial charge in [0.1, 0.15) is 13.8 Å². The van der Waals surface area contributed by atoms with Gasteiger partial charge in [0.05, 0.1) is 17.7 Å². The number of esters is 1. The second kappa shape index (κ2) is 9.34. The van der Waals surface area contributed by atoms with Crippen LogP contribution in [0.5, 0.6) is 5.75 Å². The molecule has 0 aliphatic carbocycles. The van der Waals surface area contributed by atoms with Gasteiger partial charge in [0.25, 0.3) is 0 Å². The lowest BCUT2D eigenvalue weighted by Crippen LogP contribution is -2.40. The van der Waals surface area contributed by atoms with Crippen LogP contribution in [0.3, 0.4) is 0 Å². The summed E-state index contributed by atoms with van der Waals surface area (Å²) >= 11 is 0. The maximum Gasteiger partial charge on any atom is 0.343 e. The fraction of sp³-hybridized carbons (Fsp3) is 0.400. The quantitative estimate of drug-likeness (QED) is 0.227. The van der Waals surface area contributed by atoms with Gasteiger partial charge in [0, 0.05) is 0 Å². The molecule has 160 valence electrons. The van der Waals surface area contributed by atoms with E-state index in [1.165, 1.54) is 0 Å². The minimum Gasteiger partial charge on any atom is -0.422 e. The van der Waals surface area contributed by atoms with Crippen LogP contribution in [0.1, 0.15) is 42.3 Å². The Morgan fingerprint density at radius 1 is 0.967 bits per heavy atom. The third-order valence-corrected chi connectivity index (χ3v) is 10.6. The highest BCUT2D eigenvalue weighted by molar-refractivity contribution is 6.83. The normalized spacial score (nSPS) is 12.1. The van der Waals surface area contributed by atoms with Crippen molar-refractivity contribution in [3.63, 3.8) is 0 Å². The Morgan fingerprint density at radius 3 is 2.17 bits per heavy atom. The highest BCUT2D eigenvalue weighted by Gasteiger charge is 2.37. The van der Waals surface area contributed by atoms with Crippen molar-refractivity contribution in [1.29, 1.82) is 0 Å².